The van der Waals surface area contributed by atoms with E-state index in [9.17, 15) is 9.90 Å². The van der Waals surface area contributed by atoms with Gasteiger partial charge in [-0.05, 0) is 31.2 Å². The van der Waals surface area contributed by atoms with Gasteiger partial charge in [0, 0.05) is 5.39 Å². The van der Waals surface area contributed by atoms with Crippen LogP contribution in [-0.2, 0) is 0 Å². The molecule has 0 spiro atoms. The molecule has 104 valence electrons. The summed E-state index contributed by atoms with van der Waals surface area (Å²) in [7, 11) is 0. The van der Waals surface area contributed by atoms with Gasteiger partial charge in [-0.2, -0.15) is 0 Å². The topological polar surface area (TPSA) is 59.4 Å². The Labute approximate surface area is 121 Å². The van der Waals surface area contributed by atoms with Crippen LogP contribution in [0.25, 0.3) is 10.9 Å². The van der Waals surface area contributed by atoms with Crippen LogP contribution in [0.5, 0.6) is 11.6 Å². The molecule has 1 N–H and O–H groups in total. The molecular formula is C17H13NO3. The number of aromatic carboxylic acids is 1. The van der Waals surface area contributed by atoms with Crippen LogP contribution in [0.3, 0.4) is 0 Å². The van der Waals surface area contributed by atoms with E-state index < -0.39 is 5.97 Å². The first-order valence-electron chi connectivity index (χ1n) is 6.51. The van der Waals surface area contributed by atoms with Crippen LogP contribution in [0.4, 0.5) is 0 Å². The molecule has 0 atom stereocenters. The Bertz CT molecular complexity index is 810. The number of para-hydroxylation sites is 1. The number of ether oxygens (including phenoxy) is 1. The molecule has 3 rings (SSSR count). The van der Waals surface area contributed by atoms with E-state index in [1.165, 1.54) is 0 Å². The van der Waals surface area contributed by atoms with Crippen molar-refractivity contribution in [3.8, 4) is 11.6 Å². The number of hydrogen-bond donors (Lipinski definition) is 1. The summed E-state index contributed by atoms with van der Waals surface area (Å²) >= 11 is 0. The Morgan fingerprint density at radius 3 is 2.52 bits per heavy atom. The van der Waals surface area contributed by atoms with Crippen LogP contribution in [0.1, 0.15) is 15.9 Å². The number of pyridine rings is 1. The van der Waals surface area contributed by atoms with Crippen molar-refractivity contribution in [1.29, 1.82) is 0 Å². The van der Waals surface area contributed by atoms with Crippen LogP contribution in [0, 0.1) is 6.92 Å². The van der Waals surface area contributed by atoms with E-state index >= 15 is 0 Å². The highest BCUT2D eigenvalue weighted by Crippen LogP contribution is 2.27. The molecule has 0 radical (unpaired) electrons. The zero-order valence-corrected chi connectivity index (χ0v) is 11.4. The first kappa shape index (κ1) is 13.1. The largest absolute Gasteiger partial charge is 0.477 e. The summed E-state index contributed by atoms with van der Waals surface area (Å²) < 4.78 is 5.64. The maximum Gasteiger partial charge on any atom is 0.341 e. The zero-order chi connectivity index (χ0) is 14.8. The van der Waals surface area contributed by atoms with Gasteiger partial charge in [0.15, 0.2) is 0 Å². The number of fused-ring (bicyclic) bond motifs is 1. The molecular weight excluding hydrogens is 266 g/mol. The molecule has 4 nitrogen and oxygen atoms in total. The molecule has 1 aromatic heterocycles. The Kier molecular flexibility index (Phi) is 3.28. The van der Waals surface area contributed by atoms with Crippen molar-refractivity contribution in [3.63, 3.8) is 0 Å². The molecule has 0 aliphatic rings. The Morgan fingerprint density at radius 1 is 1.10 bits per heavy atom. The van der Waals surface area contributed by atoms with Crippen molar-refractivity contribution in [2.24, 2.45) is 0 Å². The van der Waals surface area contributed by atoms with E-state index in [4.69, 9.17) is 4.74 Å². The van der Waals surface area contributed by atoms with Crippen molar-refractivity contribution < 1.29 is 14.6 Å². The molecule has 0 unspecified atom stereocenters. The van der Waals surface area contributed by atoms with Crippen LogP contribution in [0.2, 0.25) is 0 Å². The van der Waals surface area contributed by atoms with Crippen molar-refractivity contribution >= 4 is 16.9 Å². The van der Waals surface area contributed by atoms with E-state index in [2.05, 4.69) is 4.98 Å². The van der Waals surface area contributed by atoms with Gasteiger partial charge < -0.3 is 9.84 Å². The van der Waals surface area contributed by atoms with Crippen LogP contribution < -0.4 is 4.74 Å². The number of aromatic nitrogens is 1. The minimum atomic E-state index is -1.06. The predicted molar refractivity (Wildman–Crippen MR) is 80.0 cm³/mol. The SMILES string of the molecule is Cc1ccc(Oc2nc3ccccc3cc2C(=O)O)cc1. The smallest absolute Gasteiger partial charge is 0.341 e. The van der Waals surface area contributed by atoms with E-state index in [-0.39, 0.29) is 11.4 Å². The van der Waals surface area contributed by atoms with Crippen molar-refractivity contribution in [3.05, 3.63) is 65.7 Å². The fraction of sp³-hybridized carbons (Fsp3) is 0.0588. The second kappa shape index (κ2) is 5.25. The average Bonchev–Trinajstić information content (AvgIpc) is 2.48. The van der Waals surface area contributed by atoms with Crippen LogP contribution in [0.15, 0.2) is 54.6 Å². The van der Waals surface area contributed by atoms with Gasteiger partial charge in [0.1, 0.15) is 11.3 Å². The van der Waals surface area contributed by atoms with Gasteiger partial charge >= 0.3 is 5.97 Å². The molecule has 0 saturated heterocycles. The van der Waals surface area contributed by atoms with E-state index in [0.717, 1.165) is 10.9 Å². The molecule has 0 saturated carbocycles. The second-order valence-corrected chi connectivity index (χ2v) is 4.75. The highest BCUT2D eigenvalue weighted by atomic mass is 16.5. The van der Waals surface area contributed by atoms with Gasteiger partial charge in [-0.1, -0.05) is 35.9 Å². The summed E-state index contributed by atoms with van der Waals surface area (Å²) in [6.07, 6.45) is 0. The summed E-state index contributed by atoms with van der Waals surface area (Å²) in [6.45, 7) is 1.97. The summed E-state index contributed by atoms with van der Waals surface area (Å²) in [4.78, 5) is 15.7. The number of hydrogen-bond acceptors (Lipinski definition) is 3. The minimum absolute atomic E-state index is 0.0503. The number of carboxylic acid groups (broad SMARTS) is 1. The number of aryl methyl sites for hydroxylation is 1. The van der Waals surface area contributed by atoms with Crippen molar-refractivity contribution in [2.45, 2.75) is 6.92 Å². The van der Waals surface area contributed by atoms with Gasteiger partial charge in [0.2, 0.25) is 5.88 Å². The average molecular weight is 279 g/mol. The molecule has 0 aliphatic heterocycles. The van der Waals surface area contributed by atoms with Gasteiger partial charge in [-0.15, -0.1) is 0 Å². The molecule has 0 amide bonds. The Morgan fingerprint density at radius 2 is 1.81 bits per heavy atom. The molecule has 0 bridgehead atoms. The second-order valence-electron chi connectivity index (χ2n) is 4.75. The zero-order valence-electron chi connectivity index (χ0n) is 11.4. The summed E-state index contributed by atoms with van der Waals surface area (Å²) in [5.74, 6) is -0.397. The van der Waals surface area contributed by atoms with E-state index in [1.54, 1.807) is 18.2 Å². The number of benzene rings is 2. The Hall–Kier alpha value is -2.88. The van der Waals surface area contributed by atoms with Crippen LogP contribution >= 0.6 is 0 Å². The fourth-order valence-electron chi connectivity index (χ4n) is 2.05. The maximum absolute atomic E-state index is 11.4. The predicted octanol–water partition coefficient (Wildman–Crippen LogP) is 4.03. The lowest BCUT2D eigenvalue weighted by molar-refractivity contribution is 0.0693. The summed E-state index contributed by atoms with van der Waals surface area (Å²) in [6, 6.07) is 16.3. The first-order chi connectivity index (χ1) is 10.1. The lowest BCUT2D eigenvalue weighted by Crippen LogP contribution is -2.02. The third-order valence-corrected chi connectivity index (χ3v) is 3.15. The third kappa shape index (κ3) is 2.69. The quantitative estimate of drug-likeness (QED) is 0.786. The number of nitrogens with zero attached hydrogens (tertiary/aromatic N) is 1. The standard InChI is InChI=1S/C17H13NO3/c1-11-6-8-13(9-7-11)21-16-14(17(19)20)10-12-4-2-3-5-15(12)18-16/h2-10H,1H3,(H,19,20). The number of rotatable bonds is 3. The normalized spacial score (nSPS) is 10.5. The van der Waals surface area contributed by atoms with E-state index in [0.29, 0.717) is 11.3 Å². The molecule has 0 aliphatic carbocycles. The summed E-state index contributed by atoms with van der Waals surface area (Å²) in [5.41, 5.74) is 1.85. The fourth-order valence-corrected chi connectivity index (χ4v) is 2.05. The lowest BCUT2D eigenvalue weighted by Gasteiger charge is -2.09. The van der Waals surface area contributed by atoms with Crippen molar-refractivity contribution in [1.82, 2.24) is 4.98 Å². The van der Waals surface area contributed by atoms with Gasteiger partial charge in [0.05, 0.1) is 5.52 Å². The highest BCUT2D eigenvalue weighted by molar-refractivity contribution is 5.95. The van der Waals surface area contributed by atoms with Gasteiger partial charge in [0.25, 0.3) is 0 Å². The molecule has 1 heterocycles. The third-order valence-electron chi connectivity index (χ3n) is 3.15. The number of carboxylic acids is 1. The van der Waals surface area contributed by atoms with Crippen molar-refractivity contribution in [2.75, 3.05) is 0 Å². The molecule has 0 fully saturated rings. The number of carbonyl (C=O) groups is 1. The molecule has 3 aromatic rings. The lowest BCUT2D eigenvalue weighted by atomic mass is 10.1. The minimum Gasteiger partial charge on any atom is -0.477 e. The molecule has 4 heteroatoms. The van der Waals surface area contributed by atoms with Gasteiger partial charge in [-0.25, -0.2) is 9.78 Å². The monoisotopic (exact) mass is 279 g/mol. The molecule has 21 heavy (non-hydrogen) atoms. The van der Waals surface area contributed by atoms with Crippen LogP contribution in [-0.4, -0.2) is 16.1 Å². The highest BCUT2D eigenvalue weighted by Gasteiger charge is 2.15. The van der Waals surface area contributed by atoms with Gasteiger partial charge in [-0.3, -0.25) is 0 Å². The first-order valence-corrected chi connectivity index (χ1v) is 6.51. The maximum atomic E-state index is 11.4. The molecule has 2 aromatic carbocycles. The van der Waals surface area contributed by atoms with E-state index in [1.807, 2.05) is 43.3 Å². The Balaban J connectivity index is 2.09. The summed E-state index contributed by atoms with van der Waals surface area (Å²) in [5, 5.41) is 10.1.